The van der Waals surface area contributed by atoms with Crippen molar-refractivity contribution in [2.75, 3.05) is 6.61 Å². The van der Waals surface area contributed by atoms with Crippen molar-refractivity contribution >= 4 is 23.9 Å². The van der Waals surface area contributed by atoms with E-state index in [-0.39, 0.29) is 43.3 Å². The summed E-state index contributed by atoms with van der Waals surface area (Å²) in [6, 6.07) is 3.67. The van der Waals surface area contributed by atoms with E-state index in [1.54, 1.807) is 13.0 Å². The van der Waals surface area contributed by atoms with E-state index in [9.17, 15) is 19.2 Å². The number of ether oxygens (including phenoxy) is 4. The molecule has 0 spiro atoms. The van der Waals surface area contributed by atoms with Gasteiger partial charge < -0.3 is 24.7 Å². The van der Waals surface area contributed by atoms with Crippen LogP contribution in [0.2, 0.25) is 0 Å². The molecule has 2 atom stereocenters. The summed E-state index contributed by atoms with van der Waals surface area (Å²) in [6.45, 7) is 9.30. The van der Waals surface area contributed by atoms with Gasteiger partial charge in [0.25, 0.3) is 0 Å². The van der Waals surface area contributed by atoms with E-state index in [0.717, 1.165) is 6.42 Å². The van der Waals surface area contributed by atoms with E-state index in [4.69, 9.17) is 24.7 Å². The minimum Gasteiger partial charge on any atom is -0.462 e. The molecule has 0 amide bonds. The molecule has 0 aliphatic heterocycles. The van der Waals surface area contributed by atoms with Gasteiger partial charge in [-0.15, -0.1) is 0 Å². The Labute approximate surface area is 207 Å². The molecule has 0 saturated carbocycles. The lowest BCUT2D eigenvalue weighted by atomic mass is 10.1. The molecule has 0 bridgehead atoms. The lowest BCUT2D eigenvalue weighted by Gasteiger charge is -2.18. The van der Waals surface area contributed by atoms with Gasteiger partial charge in [-0.2, -0.15) is 0 Å². The van der Waals surface area contributed by atoms with Crippen LogP contribution in [0.5, 0.6) is 11.5 Å². The van der Waals surface area contributed by atoms with E-state index in [1.807, 2.05) is 27.7 Å². The predicted molar refractivity (Wildman–Crippen MR) is 130 cm³/mol. The molecule has 2 N–H and O–H groups in total. The minimum atomic E-state index is -0.998. The number of esters is 4. The predicted octanol–water partition coefficient (Wildman–Crippen LogP) is 3.88. The van der Waals surface area contributed by atoms with Crippen molar-refractivity contribution in [3.63, 3.8) is 0 Å². The summed E-state index contributed by atoms with van der Waals surface area (Å²) < 4.78 is 21.1. The van der Waals surface area contributed by atoms with E-state index >= 15 is 0 Å². The number of hydrogen-bond donors (Lipinski definition) is 1. The van der Waals surface area contributed by atoms with Crippen LogP contribution in [0.4, 0.5) is 0 Å². The molecule has 0 aliphatic rings. The third kappa shape index (κ3) is 12.4. The second-order valence-electron chi connectivity index (χ2n) is 8.90. The van der Waals surface area contributed by atoms with Crippen LogP contribution in [-0.2, 0) is 35.1 Å². The first-order valence-electron chi connectivity index (χ1n) is 12.2. The summed E-state index contributed by atoms with van der Waals surface area (Å²) >= 11 is 0. The van der Waals surface area contributed by atoms with Crippen molar-refractivity contribution in [3.8, 4) is 11.5 Å². The lowest BCUT2D eigenvalue weighted by Crippen LogP contribution is -2.37. The van der Waals surface area contributed by atoms with E-state index in [2.05, 4.69) is 0 Å². The van der Waals surface area contributed by atoms with Gasteiger partial charge in [0, 0.05) is 19.3 Å². The molecule has 0 unspecified atom stereocenters. The number of carbonyl (C=O) groups is 4. The molecule has 0 heterocycles. The van der Waals surface area contributed by atoms with E-state index in [0.29, 0.717) is 30.7 Å². The molecule has 0 saturated heterocycles. The Morgan fingerprint density at radius 1 is 0.857 bits per heavy atom. The third-order valence-corrected chi connectivity index (χ3v) is 4.84. The number of hydrogen-bond acceptors (Lipinski definition) is 9. The number of rotatable bonds is 15. The number of nitrogens with two attached hydrogens (primary N) is 1. The lowest BCUT2D eigenvalue weighted by molar-refractivity contribution is -0.159. The Morgan fingerprint density at radius 3 is 2.03 bits per heavy atom. The normalized spacial score (nSPS) is 12.5. The first kappa shape index (κ1) is 30.1. The first-order chi connectivity index (χ1) is 16.5. The second kappa shape index (κ2) is 15.9. The molecule has 1 aromatic carbocycles. The zero-order valence-corrected chi connectivity index (χ0v) is 21.5. The largest absolute Gasteiger partial charge is 0.462 e. The molecule has 0 aromatic heterocycles. The van der Waals surface area contributed by atoms with Gasteiger partial charge in [0.2, 0.25) is 0 Å². The molecule has 0 aliphatic carbocycles. The molecule has 9 nitrogen and oxygen atoms in total. The van der Waals surface area contributed by atoms with Crippen LogP contribution in [0.1, 0.15) is 78.7 Å². The third-order valence-electron chi connectivity index (χ3n) is 4.84. The van der Waals surface area contributed by atoms with Gasteiger partial charge in [0.15, 0.2) is 11.5 Å². The van der Waals surface area contributed by atoms with Gasteiger partial charge in [-0.25, -0.2) is 0 Å². The molecule has 0 radical (unpaired) electrons. The maximum atomic E-state index is 12.4. The Kier molecular flexibility index (Phi) is 13.6. The average molecular weight is 494 g/mol. The first-order valence-corrected chi connectivity index (χ1v) is 12.2. The Bertz CT molecular complexity index is 852. The molecule has 196 valence electrons. The van der Waals surface area contributed by atoms with Crippen molar-refractivity contribution in [1.82, 2.24) is 0 Å². The van der Waals surface area contributed by atoms with Gasteiger partial charge in [-0.05, 0) is 56.2 Å². The molecular formula is C26H39NO8. The fourth-order valence-electron chi connectivity index (χ4n) is 2.95. The highest BCUT2D eigenvalue weighted by atomic mass is 16.6. The standard InChI is InChI=1S/C26H39NO8/c1-6-8-24(29)34-21-12-11-19(15-22(21)35-25(30)9-7-2)14-20(27)26(31)33-18(5)16-32-23(28)13-10-17(3)4/h11-12,15,17-18,20H,6-10,13-14,16,27H2,1-5H3/t18-,20-/m0/s1. The minimum absolute atomic E-state index is 0.0509. The molecule has 35 heavy (non-hydrogen) atoms. The fraction of sp³-hybridized carbons (Fsp3) is 0.615. The van der Waals surface area contributed by atoms with Crippen LogP contribution in [-0.4, -0.2) is 42.6 Å². The molecular weight excluding hydrogens is 454 g/mol. The average Bonchev–Trinajstić information content (AvgIpc) is 2.78. The number of carbonyl (C=O) groups excluding carboxylic acids is 4. The van der Waals surface area contributed by atoms with Gasteiger partial charge >= 0.3 is 23.9 Å². The highest BCUT2D eigenvalue weighted by Gasteiger charge is 2.21. The van der Waals surface area contributed by atoms with Gasteiger partial charge in [0.05, 0.1) is 0 Å². The Morgan fingerprint density at radius 2 is 1.46 bits per heavy atom. The van der Waals surface area contributed by atoms with Gasteiger partial charge in [0.1, 0.15) is 18.8 Å². The summed E-state index contributed by atoms with van der Waals surface area (Å²) in [6.07, 6.45) is 2.14. The van der Waals surface area contributed by atoms with Crippen molar-refractivity contribution in [1.29, 1.82) is 0 Å². The van der Waals surface area contributed by atoms with Crippen LogP contribution in [0.3, 0.4) is 0 Å². The highest BCUT2D eigenvalue weighted by molar-refractivity contribution is 5.77. The molecule has 9 heteroatoms. The Balaban J connectivity index is 2.75. The maximum Gasteiger partial charge on any atom is 0.323 e. The summed E-state index contributed by atoms with van der Waals surface area (Å²) in [5.41, 5.74) is 6.61. The van der Waals surface area contributed by atoms with Crippen molar-refractivity contribution < 1.29 is 38.1 Å². The van der Waals surface area contributed by atoms with Gasteiger partial charge in [-0.1, -0.05) is 33.8 Å². The summed E-state index contributed by atoms with van der Waals surface area (Å²) in [4.78, 5) is 48.1. The summed E-state index contributed by atoms with van der Waals surface area (Å²) in [5, 5.41) is 0. The SMILES string of the molecule is CCCC(=O)Oc1ccc(C[C@H](N)C(=O)O[C@@H](C)COC(=O)CCC(C)C)cc1OC(=O)CCC. The molecule has 0 fully saturated rings. The zero-order chi connectivity index (χ0) is 26.4. The van der Waals surface area contributed by atoms with Crippen LogP contribution in [0.15, 0.2) is 18.2 Å². The van der Waals surface area contributed by atoms with Crippen molar-refractivity contribution in [2.45, 2.75) is 91.7 Å². The van der Waals surface area contributed by atoms with E-state index in [1.165, 1.54) is 12.1 Å². The second-order valence-corrected chi connectivity index (χ2v) is 8.90. The van der Waals surface area contributed by atoms with E-state index < -0.39 is 30.1 Å². The van der Waals surface area contributed by atoms with Crippen LogP contribution >= 0.6 is 0 Å². The smallest absolute Gasteiger partial charge is 0.323 e. The van der Waals surface area contributed by atoms with Crippen LogP contribution in [0.25, 0.3) is 0 Å². The quantitative estimate of drug-likeness (QED) is 0.285. The van der Waals surface area contributed by atoms with Crippen molar-refractivity contribution in [3.05, 3.63) is 23.8 Å². The van der Waals surface area contributed by atoms with Crippen LogP contribution in [0, 0.1) is 5.92 Å². The van der Waals surface area contributed by atoms with Crippen molar-refractivity contribution in [2.24, 2.45) is 11.7 Å². The molecule has 1 rings (SSSR count). The summed E-state index contributed by atoms with van der Waals surface area (Å²) in [7, 11) is 0. The summed E-state index contributed by atoms with van der Waals surface area (Å²) in [5.74, 6) is -1.28. The highest BCUT2D eigenvalue weighted by Crippen LogP contribution is 2.30. The Hall–Kier alpha value is -2.94. The zero-order valence-electron chi connectivity index (χ0n) is 21.5. The molecule has 1 aromatic rings. The number of benzene rings is 1. The monoisotopic (exact) mass is 493 g/mol. The maximum absolute atomic E-state index is 12.4. The fourth-order valence-corrected chi connectivity index (χ4v) is 2.95. The van der Waals surface area contributed by atoms with Crippen LogP contribution < -0.4 is 15.2 Å². The topological polar surface area (TPSA) is 131 Å². The van der Waals surface area contributed by atoms with Gasteiger partial charge in [-0.3, -0.25) is 19.2 Å².